The largest absolute Gasteiger partial charge is 0.463 e. The lowest BCUT2D eigenvalue weighted by molar-refractivity contribution is 0.0564. The van der Waals surface area contributed by atoms with Crippen LogP contribution in [0.3, 0.4) is 0 Å². The number of hydrogen-bond acceptors (Lipinski definition) is 4. The Morgan fingerprint density at radius 1 is 1.50 bits per heavy atom. The van der Waals surface area contributed by atoms with E-state index >= 15 is 0 Å². The number of ether oxygens (including phenoxy) is 1. The summed E-state index contributed by atoms with van der Waals surface area (Å²) < 4.78 is 24.6. The van der Waals surface area contributed by atoms with Crippen molar-refractivity contribution in [2.75, 3.05) is 7.11 Å². The van der Waals surface area contributed by atoms with Crippen molar-refractivity contribution in [3.63, 3.8) is 0 Å². The molecule has 0 fully saturated rings. The van der Waals surface area contributed by atoms with Gasteiger partial charge in [0.25, 0.3) is 0 Å². The molecule has 2 rings (SSSR count). The average Bonchev–Trinajstić information content (AvgIpc) is 2.85. The molecule has 4 nitrogen and oxygen atoms in total. The van der Waals surface area contributed by atoms with E-state index < -0.39 is 11.8 Å². The van der Waals surface area contributed by atoms with Gasteiger partial charge >= 0.3 is 5.97 Å². The van der Waals surface area contributed by atoms with Gasteiger partial charge in [0, 0.05) is 4.47 Å². The maximum absolute atomic E-state index is 13.8. The van der Waals surface area contributed by atoms with Crippen LogP contribution < -0.4 is 0 Å². The molecule has 20 heavy (non-hydrogen) atoms. The Balaban J connectivity index is 2.52. The molecule has 0 aliphatic carbocycles. The van der Waals surface area contributed by atoms with Gasteiger partial charge in [0.05, 0.1) is 18.4 Å². The second kappa shape index (κ2) is 6.17. The number of oxazole rings is 1. The number of benzene rings is 1. The third kappa shape index (κ3) is 2.90. The minimum absolute atomic E-state index is 0.0312. The zero-order valence-corrected chi connectivity index (χ0v) is 12.7. The molecule has 0 aliphatic rings. The minimum Gasteiger partial charge on any atom is -0.463 e. The lowest BCUT2D eigenvalue weighted by Gasteiger charge is -1.98. The number of aromatic nitrogens is 1. The van der Waals surface area contributed by atoms with Crippen LogP contribution in [-0.2, 0) is 11.2 Å². The minimum atomic E-state index is -0.609. The standard InChI is InChI=1S/C14H13BrFNO3/c1-3-4-11-12(14(18)19-2)20-13(17-11)9-7-8(15)5-6-10(9)16/h5-7H,3-4H2,1-2H3. The van der Waals surface area contributed by atoms with E-state index in [0.717, 1.165) is 6.42 Å². The lowest BCUT2D eigenvalue weighted by atomic mass is 10.2. The Hall–Kier alpha value is -1.69. The molecule has 1 heterocycles. The summed E-state index contributed by atoms with van der Waals surface area (Å²) in [5.41, 5.74) is 0.681. The quantitative estimate of drug-likeness (QED) is 0.789. The van der Waals surface area contributed by atoms with Gasteiger partial charge in [-0.05, 0) is 24.6 Å². The molecule has 0 saturated heterocycles. The van der Waals surface area contributed by atoms with Crippen LogP contribution in [-0.4, -0.2) is 18.1 Å². The van der Waals surface area contributed by atoms with E-state index in [2.05, 4.69) is 25.7 Å². The number of nitrogens with zero attached hydrogens (tertiary/aromatic N) is 1. The normalized spacial score (nSPS) is 10.6. The Labute approximate surface area is 124 Å². The molecule has 0 N–H and O–H groups in total. The predicted molar refractivity (Wildman–Crippen MR) is 74.9 cm³/mol. The van der Waals surface area contributed by atoms with Crippen LogP contribution in [0.25, 0.3) is 11.5 Å². The molecule has 0 spiro atoms. The van der Waals surface area contributed by atoms with Crippen LogP contribution in [0.15, 0.2) is 27.1 Å². The molecule has 0 radical (unpaired) electrons. The highest BCUT2D eigenvalue weighted by molar-refractivity contribution is 9.10. The van der Waals surface area contributed by atoms with Gasteiger partial charge in [-0.3, -0.25) is 0 Å². The molecule has 106 valence electrons. The van der Waals surface area contributed by atoms with Gasteiger partial charge < -0.3 is 9.15 Å². The third-order valence-electron chi connectivity index (χ3n) is 2.71. The molecule has 0 amide bonds. The fourth-order valence-corrected chi connectivity index (χ4v) is 2.15. The molecular weight excluding hydrogens is 329 g/mol. The molecule has 0 unspecified atom stereocenters. The Kier molecular flexibility index (Phi) is 4.54. The van der Waals surface area contributed by atoms with E-state index in [0.29, 0.717) is 16.6 Å². The van der Waals surface area contributed by atoms with Crippen molar-refractivity contribution in [1.82, 2.24) is 4.98 Å². The summed E-state index contributed by atoms with van der Waals surface area (Å²) >= 11 is 3.26. The first-order valence-electron chi connectivity index (χ1n) is 6.10. The van der Waals surface area contributed by atoms with Gasteiger partial charge in [-0.15, -0.1) is 0 Å². The highest BCUT2D eigenvalue weighted by Gasteiger charge is 2.22. The summed E-state index contributed by atoms with van der Waals surface area (Å²) in [6.45, 7) is 1.95. The SMILES string of the molecule is CCCc1nc(-c2cc(Br)ccc2F)oc1C(=O)OC. The van der Waals surface area contributed by atoms with Crippen molar-refractivity contribution >= 4 is 21.9 Å². The highest BCUT2D eigenvalue weighted by atomic mass is 79.9. The second-order valence-electron chi connectivity index (χ2n) is 4.16. The van der Waals surface area contributed by atoms with E-state index in [1.54, 1.807) is 12.1 Å². The van der Waals surface area contributed by atoms with Gasteiger partial charge in [-0.25, -0.2) is 14.2 Å². The fraction of sp³-hybridized carbons (Fsp3) is 0.286. The van der Waals surface area contributed by atoms with Crippen molar-refractivity contribution < 1.29 is 18.3 Å². The van der Waals surface area contributed by atoms with Crippen molar-refractivity contribution in [3.05, 3.63) is 39.9 Å². The Morgan fingerprint density at radius 3 is 2.90 bits per heavy atom. The molecule has 1 aromatic carbocycles. The predicted octanol–water partition coefficient (Wildman–Crippen LogP) is 3.98. The summed E-state index contributed by atoms with van der Waals surface area (Å²) in [5.74, 6) is -0.965. The van der Waals surface area contributed by atoms with Crippen LogP contribution in [0, 0.1) is 5.82 Å². The van der Waals surface area contributed by atoms with E-state index in [1.165, 1.54) is 13.2 Å². The molecule has 6 heteroatoms. The smallest absolute Gasteiger partial charge is 0.376 e. The number of rotatable bonds is 4. The summed E-state index contributed by atoms with van der Waals surface area (Å²) in [6, 6.07) is 4.44. The highest BCUT2D eigenvalue weighted by Crippen LogP contribution is 2.28. The maximum Gasteiger partial charge on any atom is 0.376 e. The van der Waals surface area contributed by atoms with Crippen molar-refractivity contribution in [1.29, 1.82) is 0 Å². The van der Waals surface area contributed by atoms with Gasteiger partial charge in [-0.1, -0.05) is 29.3 Å². The summed E-state index contributed by atoms with van der Waals surface area (Å²) in [6.07, 6.45) is 1.35. The zero-order valence-electron chi connectivity index (χ0n) is 11.1. The van der Waals surface area contributed by atoms with E-state index in [1.807, 2.05) is 6.92 Å². The van der Waals surface area contributed by atoms with Gasteiger partial charge in [0.15, 0.2) is 0 Å². The number of esters is 1. The van der Waals surface area contributed by atoms with Crippen LogP contribution in [0.4, 0.5) is 4.39 Å². The molecular formula is C14H13BrFNO3. The first kappa shape index (κ1) is 14.7. The molecule has 2 aromatic rings. The number of carbonyl (C=O) groups is 1. The van der Waals surface area contributed by atoms with E-state index in [-0.39, 0.29) is 17.2 Å². The lowest BCUT2D eigenvalue weighted by Crippen LogP contribution is -2.03. The number of methoxy groups -OCH3 is 1. The summed E-state index contributed by atoms with van der Waals surface area (Å²) in [4.78, 5) is 15.9. The van der Waals surface area contributed by atoms with Crippen molar-refractivity contribution in [2.24, 2.45) is 0 Å². The van der Waals surface area contributed by atoms with Crippen LogP contribution in [0.2, 0.25) is 0 Å². The molecule has 0 atom stereocenters. The first-order valence-corrected chi connectivity index (χ1v) is 6.89. The molecule has 0 saturated carbocycles. The van der Waals surface area contributed by atoms with Gasteiger partial charge in [-0.2, -0.15) is 0 Å². The second-order valence-corrected chi connectivity index (χ2v) is 5.08. The topological polar surface area (TPSA) is 52.3 Å². The molecule has 0 aliphatic heterocycles. The third-order valence-corrected chi connectivity index (χ3v) is 3.21. The first-order chi connectivity index (χ1) is 9.56. The number of carbonyl (C=O) groups excluding carboxylic acids is 1. The molecule has 0 bridgehead atoms. The average molecular weight is 342 g/mol. The Morgan fingerprint density at radius 2 is 2.25 bits per heavy atom. The summed E-state index contributed by atoms with van der Waals surface area (Å²) in [5, 5.41) is 0. The van der Waals surface area contributed by atoms with E-state index in [4.69, 9.17) is 4.42 Å². The monoisotopic (exact) mass is 341 g/mol. The molecule has 1 aromatic heterocycles. The van der Waals surface area contributed by atoms with Gasteiger partial charge in [0.1, 0.15) is 5.82 Å². The van der Waals surface area contributed by atoms with Crippen molar-refractivity contribution in [3.8, 4) is 11.5 Å². The summed E-state index contributed by atoms with van der Waals surface area (Å²) in [7, 11) is 1.26. The van der Waals surface area contributed by atoms with E-state index in [9.17, 15) is 9.18 Å². The van der Waals surface area contributed by atoms with Crippen LogP contribution in [0.1, 0.15) is 29.6 Å². The fourth-order valence-electron chi connectivity index (χ4n) is 1.79. The Bertz CT molecular complexity index is 639. The number of aryl methyl sites for hydroxylation is 1. The number of halogens is 2. The zero-order chi connectivity index (χ0) is 14.7. The van der Waals surface area contributed by atoms with Gasteiger partial charge in [0.2, 0.25) is 11.7 Å². The van der Waals surface area contributed by atoms with Crippen molar-refractivity contribution in [2.45, 2.75) is 19.8 Å². The maximum atomic E-state index is 13.8. The van der Waals surface area contributed by atoms with Crippen LogP contribution >= 0.6 is 15.9 Å². The van der Waals surface area contributed by atoms with Crippen LogP contribution in [0.5, 0.6) is 0 Å². The number of hydrogen-bond donors (Lipinski definition) is 0.